The summed E-state index contributed by atoms with van der Waals surface area (Å²) in [7, 11) is 3.43. The highest BCUT2D eigenvalue weighted by Crippen LogP contribution is 2.06. The molecule has 3 N–H and O–H groups in total. The van der Waals surface area contributed by atoms with Gasteiger partial charge in [0.25, 0.3) is 5.91 Å². The fraction of sp³-hybridized carbons (Fsp3) is 0.556. The summed E-state index contributed by atoms with van der Waals surface area (Å²) >= 11 is 0. The number of amides is 1. The van der Waals surface area contributed by atoms with E-state index in [1.165, 1.54) is 12.8 Å². The second-order valence-corrected chi connectivity index (χ2v) is 5.59. The van der Waals surface area contributed by atoms with Gasteiger partial charge >= 0.3 is 0 Å². The molecule has 5 nitrogen and oxygen atoms in total. The second kappa shape index (κ2) is 13.0. The molecule has 1 aromatic rings. The summed E-state index contributed by atoms with van der Waals surface area (Å²) in [5.41, 5.74) is 1.83. The molecule has 0 spiro atoms. The number of guanidine groups is 1. The number of carbonyl (C=O) groups excluding carboxylic acids is 1. The number of nitrogens with zero attached hydrogens (tertiary/aromatic N) is 1. The quantitative estimate of drug-likeness (QED) is 0.327. The highest BCUT2D eigenvalue weighted by atomic mass is 127. The topological polar surface area (TPSA) is 65.5 Å². The number of aliphatic imine (C=N–C) groups is 1. The number of hydrogen-bond acceptors (Lipinski definition) is 2. The monoisotopic (exact) mass is 446 g/mol. The summed E-state index contributed by atoms with van der Waals surface area (Å²) in [5.74, 6) is 1.46. The zero-order chi connectivity index (χ0) is 17.1. The maximum Gasteiger partial charge on any atom is 0.251 e. The van der Waals surface area contributed by atoms with Crippen molar-refractivity contribution in [2.75, 3.05) is 27.2 Å². The number of rotatable bonds is 8. The lowest BCUT2D eigenvalue weighted by atomic mass is 10.0. The van der Waals surface area contributed by atoms with E-state index in [2.05, 4.69) is 34.8 Å². The van der Waals surface area contributed by atoms with Crippen molar-refractivity contribution in [3.63, 3.8) is 0 Å². The fourth-order valence-electron chi connectivity index (χ4n) is 2.38. The second-order valence-electron chi connectivity index (χ2n) is 5.59. The van der Waals surface area contributed by atoms with Crippen LogP contribution >= 0.6 is 24.0 Å². The molecule has 24 heavy (non-hydrogen) atoms. The zero-order valence-corrected chi connectivity index (χ0v) is 17.5. The van der Waals surface area contributed by atoms with Crippen LogP contribution in [0.25, 0.3) is 0 Å². The lowest BCUT2D eigenvalue weighted by Gasteiger charge is -2.16. The van der Waals surface area contributed by atoms with Gasteiger partial charge in [0.05, 0.1) is 0 Å². The van der Waals surface area contributed by atoms with Crippen LogP contribution in [0.4, 0.5) is 0 Å². The molecule has 6 heteroatoms. The molecule has 0 saturated carbocycles. The minimum absolute atomic E-state index is 0. The van der Waals surface area contributed by atoms with Crippen LogP contribution in [-0.2, 0) is 6.42 Å². The minimum atomic E-state index is -0.0533. The molecule has 0 atom stereocenters. The van der Waals surface area contributed by atoms with E-state index in [4.69, 9.17) is 0 Å². The van der Waals surface area contributed by atoms with Gasteiger partial charge in [-0.25, -0.2) is 0 Å². The first kappa shape index (κ1) is 22.7. The van der Waals surface area contributed by atoms with Gasteiger partial charge in [0.15, 0.2) is 5.96 Å². The van der Waals surface area contributed by atoms with Gasteiger partial charge in [-0.1, -0.05) is 38.8 Å². The van der Waals surface area contributed by atoms with Crippen molar-refractivity contribution in [2.45, 2.75) is 33.1 Å². The fourth-order valence-corrected chi connectivity index (χ4v) is 2.38. The van der Waals surface area contributed by atoms with Gasteiger partial charge in [0.1, 0.15) is 0 Å². The van der Waals surface area contributed by atoms with Crippen LogP contribution in [0.3, 0.4) is 0 Å². The van der Waals surface area contributed by atoms with Crippen molar-refractivity contribution in [1.82, 2.24) is 16.0 Å². The van der Waals surface area contributed by atoms with E-state index in [1.807, 2.05) is 24.3 Å². The summed E-state index contributed by atoms with van der Waals surface area (Å²) in [4.78, 5) is 15.9. The van der Waals surface area contributed by atoms with Crippen LogP contribution < -0.4 is 16.0 Å². The first-order chi connectivity index (χ1) is 11.1. The molecule has 0 fully saturated rings. The third-order valence-corrected chi connectivity index (χ3v) is 4.06. The van der Waals surface area contributed by atoms with E-state index in [0.29, 0.717) is 11.5 Å². The van der Waals surface area contributed by atoms with Gasteiger partial charge in [-0.05, 0) is 30.0 Å². The molecule has 0 unspecified atom stereocenters. The SMILES string of the molecule is CCC(CC)CNC(=NC)NCCc1cccc(C(=O)NC)c1.I. The molecule has 0 aliphatic heterocycles. The van der Waals surface area contributed by atoms with Crippen LogP contribution in [-0.4, -0.2) is 39.1 Å². The van der Waals surface area contributed by atoms with Crippen molar-refractivity contribution < 1.29 is 4.79 Å². The number of hydrogen-bond donors (Lipinski definition) is 3. The Morgan fingerprint density at radius 1 is 1.21 bits per heavy atom. The highest BCUT2D eigenvalue weighted by Gasteiger charge is 2.06. The molecule has 0 heterocycles. The van der Waals surface area contributed by atoms with Gasteiger partial charge in [0, 0.05) is 32.7 Å². The number of benzene rings is 1. The van der Waals surface area contributed by atoms with Gasteiger partial charge in [-0.3, -0.25) is 9.79 Å². The minimum Gasteiger partial charge on any atom is -0.356 e. The number of halogens is 1. The Morgan fingerprint density at radius 3 is 2.50 bits per heavy atom. The lowest BCUT2D eigenvalue weighted by molar-refractivity contribution is 0.0963. The Kier molecular flexibility index (Phi) is 12.3. The van der Waals surface area contributed by atoms with E-state index in [0.717, 1.165) is 31.0 Å². The van der Waals surface area contributed by atoms with Crippen LogP contribution in [0.1, 0.15) is 42.6 Å². The van der Waals surface area contributed by atoms with E-state index < -0.39 is 0 Å². The third-order valence-electron chi connectivity index (χ3n) is 4.06. The van der Waals surface area contributed by atoms with Crippen molar-refractivity contribution >= 4 is 35.8 Å². The predicted molar refractivity (Wildman–Crippen MR) is 112 cm³/mol. The average molecular weight is 446 g/mol. The molecule has 136 valence electrons. The molecule has 1 rings (SSSR count). The predicted octanol–water partition coefficient (Wildman–Crippen LogP) is 2.81. The Labute approximate surface area is 163 Å². The van der Waals surface area contributed by atoms with Crippen LogP contribution in [0.2, 0.25) is 0 Å². The Bertz CT molecular complexity index is 515. The van der Waals surface area contributed by atoms with Crippen molar-refractivity contribution in [1.29, 1.82) is 0 Å². The van der Waals surface area contributed by atoms with Crippen molar-refractivity contribution in [3.8, 4) is 0 Å². The van der Waals surface area contributed by atoms with Gasteiger partial charge in [0.2, 0.25) is 0 Å². The number of nitrogens with one attached hydrogen (secondary N) is 3. The van der Waals surface area contributed by atoms with E-state index in [-0.39, 0.29) is 29.9 Å². The van der Waals surface area contributed by atoms with Crippen molar-refractivity contribution in [3.05, 3.63) is 35.4 Å². The van der Waals surface area contributed by atoms with Crippen molar-refractivity contribution in [2.24, 2.45) is 10.9 Å². The molecular weight excluding hydrogens is 415 g/mol. The first-order valence-corrected chi connectivity index (χ1v) is 8.40. The molecule has 1 amide bonds. The highest BCUT2D eigenvalue weighted by molar-refractivity contribution is 14.0. The van der Waals surface area contributed by atoms with E-state index in [1.54, 1.807) is 14.1 Å². The van der Waals surface area contributed by atoms with E-state index in [9.17, 15) is 4.79 Å². The Balaban J connectivity index is 0.00000529. The molecule has 1 aromatic carbocycles. The third kappa shape index (κ3) is 7.99. The lowest BCUT2D eigenvalue weighted by Crippen LogP contribution is -2.40. The molecular formula is C18H31IN4O. The average Bonchev–Trinajstić information content (AvgIpc) is 2.60. The normalized spacial score (nSPS) is 11.0. The van der Waals surface area contributed by atoms with Gasteiger partial charge in [-0.2, -0.15) is 0 Å². The largest absolute Gasteiger partial charge is 0.356 e. The molecule has 0 aromatic heterocycles. The summed E-state index contributed by atoms with van der Waals surface area (Å²) in [5, 5.41) is 9.34. The standard InChI is InChI=1S/C18H30N4O.HI/c1-5-14(6-2)13-22-18(20-4)21-11-10-15-8-7-9-16(12-15)17(23)19-3;/h7-9,12,14H,5-6,10-11,13H2,1-4H3,(H,19,23)(H2,20,21,22);1H. The molecule has 0 saturated heterocycles. The smallest absolute Gasteiger partial charge is 0.251 e. The van der Waals surface area contributed by atoms with E-state index >= 15 is 0 Å². The van der Waals surface area contributed by atoms with Gasteiger partial charge in [-0.15, -0.1) is 24.0 Å². The maximum atomic E-state index is 11.6. The summed E-state index contributed by atoms with van der Waals surface area (Å²) in [6.07, 6.45) is 3.19. The molecule has 0 bridgehead atoms. The van der Waals surface area contributed by atoms with Crippen LogP contribution in [0, 0.1) is 5.92 Å². The van der Waals surface area contributed by atoms with Crippen LogP contribution in [0.5, 0.6) is 0 Å². The molecule has 0 aliphatic rings. The molecule has 0 radical (unpaired) electrons. The zero-order valence-electron chi connectivity index (χ0n) is 15.2. The summed E-state index contributed by atoms with van der Waals surface area (Å²) in [6.45, 7) is 6.15. The summed E-state index contributed by atoms with van der Waals surface area (Å²) < 4.78 is 0. The molecule has 0 aliphatic carbocycles. The maximum absolute atomic E-state index is 11.6. The Hall–Kier alpha value is -1.31. The number of carbonyl (C=O) groups is 1. The van der Waals surface area contributed by atoms with Gasteiger partial charge < -0.3 is 16.0 Å². The van der Waals surface area contributed by atoms with Crippen LogP contribution in [0.15, 0.2) is 29.3 Å². The first-order valence-electron chi connectivity index (χ1n) is 8.40. The Morgan fingerprint density at radius 2 is 1.92 bits per heavy atom. The summed E-state index contributed by atoms with van der Waals surface area (Å²) in [6, 6.07) is 7.71.